The van der Waals surface area contributed by atoms with Gasteiger partial charge in [-0.15, -0.1) is 0 Å². The van der Waals surface area contributed by atoms with Gasteiger partial charge < -0.3 is 10.3 Å². The maximum Gasteiger partial charge on any atom is 0.222 e. The van der Waals surface area contributed by atoms with E-state index in [0.717, 1.165) is 17.7 Å². The molecule has 0 fully saturated rings. The number of hydrogen-bond donors (Lipinski definition) is 1. The highest BCUT2D eigenvalue weighted by atomic mass is 15.1. The molecule has 2 aromatic heterocycles. The van der Waals surface area contributed by atoms with E-state index in [1.165, 1.54) is 5.57 Å². The number of aromatic nitrogens is 4. The molecule has 0 bridgehead atoms. The van der Waals surface area contributed by atoms with Gasteiger partial charge in [-0.1, -0.05) is 11.6 Å². The van der Waals surface area contributed by atoms with Crippen molar-refractivity contribution in [3.05, 3.63) is 24.2 Å². The van der Waals surface area contributed by atoms with Gasteiger partial charge in [-0.05, 0) is 13.8 Å². The minimum Gasteiger partial charge on any atom is -0.368 e. The van der Waals surface area contributed by atoms with E-state index in [-0.39, 0.29) is 5.95 Å². The Morgan fingerprint density at radius 3 is 3.00 bits per heavy atom. The Morgan fingerprint density at radius 2 is 2.27 bits per heavy atom. The Balaban J connectivity index is 2.43. The van der Waals surface area contributed by atoms with E-state index >= 15 is 0 Å². The first-order valence-corrected chi connectivity index (χ1v) is 4.73. The first-order valence-electron chi connectivity index (χ1n) is 4.73. The Labute approximate surface area is 87.7 Å². The van der Waals surface area contributed by atoms with Crippen LogP contribution in [0.4, 0.5) is 5.95 Å². The summed E-state index contributed by atoms with van der Waals surface area (Å²) in [5, 5.41) is 0. The molecule has 2 rings (SSSR count). The minimum absolute atomic E-state index is 0.279. The Hall–Kier alpha value is -1.91. The second-order valence-corrected chi connectivity index (χ2v) is 3.62. The number of anilines is 1. The Morgan fingerprint density at radius 1 is 1.47 bits per heavy atom. The third kappa shape index (κ3) is 1.96. The lowest BCUT2D eigenvalue weighted by atomic mass is 10.3. The molecule has 5 nitrogen and oxygen atoms in total. The van der Waals surface area contributed by atoms with E-state index in [9.17, 15) is 0 Å². The fourth-order valence-electron chi connectivity index (χ4n) is 1.28. The van der Waals surface area contributed by atoms with Crippen molar-refractivity contribution in [2.45, 2.75) is 20.4 Å². The number of nitrogen functional groups attached to an aromatic ring is 1. The molecule has 0 aliphatic rings. The van der Waals surface area contributed by atoms with Crippen LogP contribution < -0.4 is 5.73 Å². The molecule has 0 saturated heterocycles. The molecule has 2 heterocycles. The predicted octanol–water partition coefficient (Wildman–Crippen LogP) is 1.37. The largest absolute Gasteiger partial charge is 0.368 e. The van der Waals surface area contributed by atoms with E-state index < -0.39 is 0 Å². The van der Waals surface area contributed by atoms with Crippen LogP contribution in [-0.2, 0) is 6.54 Å². The number of allylic oxidation sites excluding steroid dienone is 2. The predicted molar refractivity (Wildman–Crippen MR) is 59.2 cm³/mol. The molecule has 2 N–H and O–H groups in total. The molecule has 0 saturated carbocycles. The van der Waals surface area contributed by atoms with E-state index in [0.29, 0.717) is 0 Å². The van der Waals surface area contributed by atoms with Crippen LogP contribution in [-0.4, -0.2) is 19.5 Å². The molecule has 0 spiro atoms. The lowest BCUT2D eigenvalue weighted by Crippen LogP contribution is -1.99. The van der Waals surface area contributed by atoms with E-state index in [4.69, 9.17) is 5.73 Å². The molecule has 0 aromatic carbocycles. The zero-order valence-electron chi connectivity index (χ0n) is 8.81. The van der Waals surface area contributed by atoms with E-state index in [1.54, 1.807) is 12.5 Å². The third-order valence-corrected chi connectivity index (χ3v) is 2.07. The first-order chi connectivity index (χ1) is 7.16. The summed E-state index contributed by atoms with van der Waals surface area (Å²) >= 11 is 0. The number of fused-ring (bicyclic) bond motifs is 1. The summed E-state index contributed by atoms with van der Waals surface area (Å²) in [5.41, 5.74) is 8.34. The second-order valence-electron chi connectivity index (χ2n) is 3.62. The lowest BCUT2D eigenvalue weighted by molar-refractivity contribution is 0.831. The molecular formula is C10H13N5. The van der Waals surface area contributed by atoms with Crippen molar-refractivity contribution < 1.29 is 0 Å². The average Bonchev–Trinajstić information content (AvgIpc) is 2.57. The monoisotopic (exact) mass is 203 g/mol. The Bertz CT molecular complexity index is 508. The molecule has 0 atom stereocenters. The summed E-state index contributed by atoms with van der Waals surface area (Å²) in [6.07, 6.45) is 5.49. The highest BCUT2D eigenvalue weighted by molar-refractivity contribution is 5.70. The summed E-state index contributed by atoms with van der Waals surface area (Å²) in [6, 6.07) is 0. The highest BCUT2D eigenvalue weighted by Gasteiger charge is 2.03. The van der Waals surface area contributed by atoms with Gasteiger partial charge in [0.1, 0.15) is 5.52 Å². The molecule has 0 amide bonds. The fraction of sp³-hybridized carbons (Fsp3) is 0.300. The van der Waals surface area contributed by atoms with Gasteiger partial charge in [0.2, 0.25) is 5.95 Å². The maximum absolute atomic E-state index is 5.53. The van der Waals surface area contributed by atoms with Crippen LogP contribution in [0.15, 0.2) is 24.2 Å². The fourth-order valence-corrected chi connectivity index (χ4v) is 1.28. The number of hydrogen-bond acceptors (Lipinski definition) is 4. The van der Waals surface area contributed by atoms with Crippen LogP contribution in [0, 0.1) is 0 Å². The van der Waals surface area contributed by atoms with Crippen LogP contribution in [0.25, 0.3) is 11.2 Å². The minimum atomic E-state index is 0.279. The zero-order valence-corrected chi connectivity index (χ0v) is 8.81. The Kier molecular flexibility index (Phi) is 2.37. The van der Waals surface area contributed by atoms with Gasteiger partial charge >= 0.3 is 0 Å². The normalized spacial score (nSPS) is 10.5. The second kappa shape index (κ2) is 3.68. The SMILES string of the molecule is CC(C)=CCn1cnc2cnc(N)nc21. The standard InChI is InChI=1S/C10H13N5/c1-7(2)3-4-15-6-13-8-5-12-10(11)14-9(8)15/h3,5-6H,4H2,1-2H3,(H2,11,12,14). The van der Waals surface area contributed by atoms with Crippen molar-refractivity contribution in [2.75, 3.05) is 5.73 Å². The number of nitrogens with zero attached hydrogens (tertiary/aromatic N) is 4. The molecule has 0 aliphatic heterocycles. The van der Waals surface area contributed by atoms with Crippen molar-refractivity contribution in [3.63, 3.8) is 0 Å². The van der Waals surface area contributed by atoms with Crippen LogP contribution in [0.3, 0.4) is 0 Å². The van der Waals surface area contributed by atoms with Gasteiger partial charge in [0.05, 0.1) is 12.5 Å². The lowest BCUT2D eigenvalue weighted by Gasteiger charge is -1.99. The van der Waals surface area contributed by atoms with Crippen molar-refractivity contribution in [2.24, 2.45) is 0 Å². The smallest absolute Gasteiger partial charge is 0.222 e. The maximum atomic E-state index is 5.53. The topological polar surface area (TPSA) is 69.6 Å². The number of rotatable bonds is 2. The van der Waals surface area contributed by atoms with E-state index in [2.05, 4.69) is 34.9 Å². The van der Waals surface area contributed by atoms with Crippen LogP contribution >= 0.6 is 0 Å². The van der Waals surface area contributed by atoms with Gasteiger partial charge in [-0.2, -0.15) is 4.98 Å². The third-order valence-electron chi connectivity index (χ3n) is 2.07. The quantitative estimate of drug-likeness (QED) is 0.748. The van der Waals surface area contributed by atoms with Crippen LogP contribution in [0.5, 0.6) is 0 Å². The van der Waals surface area contributed by atoms with Crippen LogP contribution in [0.2, 0.25) is 0 Å². The first kappa shape index (κ1) is 9.64. The van der Waals surface area contributed by atoms with Crippen LogP contribution in [0.1, 0.15) is 13.8 Å². The summed E-state index contributed by atoms with van der Waals surface area (Å²) in [4.78, 5) is 12.2. The van der Waals surface area contributed by atoms with Crippen molar-refractivity contribution in [1.29, 1.82) is 0 Å². The van der Waals surface area contributed by atoms with Gasteiger partial charge in [0.15, 0.2) is 5.65 Å². The molecule has 0 aliphatic carbocycles. The molecule has 0 unspecified atom stereocenters. The summed E-state index contributed by atoms with van der Waals surface area (Å²) in [6.45, 7) is 4.88. The molecular weight excluding hydrogens is 190 g/mol. The molecule has 5 heteroatoms. The average molecular weight is 203 g/mol. The van der Waals surface area contributed by atoms with E-state index in [1.807, 2.05) is 4.57 Å². The van der Waals surface area contributed by atoms with Crippen molar-refractivity contribution in [1.82, 2.24) is 19.5 Å². The van der Waals surface area contributed by atoms with Gasteiger partial charge in [-0.3, -0.25) is 0 Å². The van der Waals surface area contributed by atoms with Crippen molar-refractivity contribution in [3.8, 4) is 0 Å². The van der Waals surface area contributed by atoms with Crippen molar-refractivity contribution >= 4 is 17.1 Å². The number of nitrogens with two attached hydrogens (primary N) is 1. The zero-order chi connectivity index (χ0) is 10.8. The number of imidazole rings is 1. The summed E-state index contributed by atoms with van der Waals surface area (Å²) < 4.78 is 1.94. The summed E-state index contributed by atoms with van der Waals surface area (Å²) in [7, 11) is 0. The van der Waals surface area contributed by atoms with Gasteiger partial charge in [-0.25, -0.2) is 9.97 Å². The van der Waals surface area contributed by atoms with Gasteiger partial charge in [0, 0.05) is 6.54 Å². The summed E-state index contributed by atoms with van der Waals surface area (Å²) in [5.74, 6) is 0.279. The highest BCUT2D eigenvalue weighted by Crippen LogP contribution is 2.10. The molecule has 15 heavy (non-hydrogen) atoms. The van der Waals surface area contributed by atoms with Gasteiger partial charge in [0.25, 0.3) is 0 Å². The molecule has 0 radical (unpaired) electrons. The molecule has 2 aromatic rings. The molecule has 78 valence electrons.